The van der Waals surface area contributed by atoms with Crippen LogP contribution >= 0.6 is 27.3 Å². The SMILES string of the molecule is Brc1ccc(C(c2cccs2)N2CCNCC2)cc1. The van der Waals surface area contributed by atoms with Gasteiger partial charge in [-0.15, -0.1) is 11.3 Å². The number of nitrogens with zero attached hydrogens (tertiary/aromatic N) is 1. The van der Waals surface area contributed by atoms with Gasteiger partial charge in [0, 0.05) is 35.5 Å². The Balaban J connectivity index is 1.93. The number of thiophene rings is 1. The van der Waals surface area contributed by atoms with E-state index in [4.69, 9.17) is 0 Å². The monoisotopic (exact) mass is 336 g/mol. The van der Waals surface area contributed by atoms with Crippen LogP contribution < -0.4 is 5.32 Å². The molecule has 1 fully saturated rings. The van der Waals surface area contributed by atoms with E-state index in [2.05, 4.69) is 67.9 Å². The van der Waals surface area contributed by atoms with Crippen molar-refractivity contribution in [2.45, 2.75) is 6.04 Å². The summed E-state index contributed by atoms with van der Waals surface area (Å²) in [5.41, 5.74) is 1.38. The van der Waals surface area contributed by atoms with Gasteiger partial charge in [-0.05, 0) is 29.1 Å². The summed E-state index contributed by atoms with van der Waals surface area (Å²) in [4.78, 5) is 4.01. The van der Waals surface area contributed by atoms with Crippen LogP contribution in [0.4, 0.5) is 0 Å². The highest BCUT2D eigenvalue weighted by Crippen LogP contribution is 2.32. The van der Waals surface area contributed by atoms with E-state index in [9.17, 15) is 0 Å². The Morgan fingerprint density at radius 3 is 2.47 bits per heavy atom. The van der Waals surface area contributed by atoms with Gasteiger partial charge in [-0.2, -0.15) is 0 Å². The number of hydrogen-bond acceptors (Lipinski definition) is 3. The number of halogens is 1. The molecule has 1 aliphatic heterocycles. The summed E-state index contributed by atoms with van der Waals surface area (Å²) >= 11 is 5.37. The quantitative estimate of drug-likeness (QED) is 0.922. The summed E-state index contributed by atoms with van der Waals surface area (Å²) in [6.45, 7) is 4.38. The third-order valence-corrected chi connectivity index (χ3v) is 4.97. The Hall–Kier alpha value is -0.680. The Bertz CT molecular complexity index is 503. The van der Waals surface area contributed by atoms with E-state index in [0.717, 1.165) is 30.7 Å². The first-order valence-electron chi connectivity index (χ1n) is 6.58. The van der Waals surface area contributed by atoms with Gasteiger partial charge in [0.05, 0.1) is 6.04 Å². The highest BCUT2D eigenvalue weighted by molar-refractivity contribution is 9.10. The van der Waals surface area contributed by atoms with Crippen molar-refractivity contribution in [1.82, 2.24) is 10.2 Å². The topological polar surface area (TPSA) is 15.3 Å². The minimum Gasteiger partial charge on any atom is -0.314 e. The first kappa shape index (κ1) is 13.3. The molecule has 3 rings (SSSR count). The predicted molar refractivity (Wildman–Crippen MR) is 84.7 cm³/mol. The molecule has 1 aromatic heterocycles. The number of piperazine rings is 1. The number of nitrogens with one attached hydrogen (secondary N) is 1. The van der Waals surface area contributed by atoms with E-state index in [1.807, 2.05) is 11.3 Å². The molecule has 4 heteroatoms. The normalized spacial score (nSPS) is 18.4. The Morgan fingerprint density at radius 1 is 1.11 bits per heavy atom. The summed E-state index contributed by atoms with van der Waals surface area (Å²) in [6.07, 6.45) is 0. The molecule has 1 atom stereocenters. The van der Waals surface area contributed by atoms with Crippen LogP contribution in [0.5, 0.6) is 0 Å². The van der Waals surface area contributed by atoms with Crippen LogP contribution in [0.15, 0.2) is 46.3 Å². The van der Waals surface area contributed by atoms with Crippen molar-refractivity contribution in [1.29, 1.82) is 0 Å². The van der Waals surface area contributed by atoms with Crippen molar-refractivity contribution < 1.29 is 0 Å². The van der Waals surface area contributed by atoms with Crippen LogP contribution in [-0.2, 0) is 0 Å². The zero-order chi connectivity index (χ0) is 13.1. The van der Waals surface area contributed by atoms with Crippen molar-refractivity contribution in [3.8, 4) is 0 Å². The molecule has 0 bridgehead atoms. The van der Waals surface area contributed by atoms with E-state index in [0.29, 0.717) is 6.04 Å². The summed E-state index contributed by atoms with van der Waals surface area (Å²) in [5, 5.41) is 5.60. The zero-order valence-electron chi connectivity index (χ0n) is 10.7. The molecular weight excluding hydrogens is 320 g/mol. The molecule has 0 spiro atoms. The number of hydrogen-bond donors (Lipinski definition) is 1. The Morgan fingerprint density at radius 2 is 1.84 bits per heavy atom. The van der Waals surface area contributed by atoms with Crippen molar-refractivity contribution in [2.24, 2.45) is 0 Å². The van der Waals surface area contributed by atoms with Crippen LogP contribution in [0, 0.1) is 0 Å². The van der Waals surface area contributed by atoms with Gasteiger partial charge in [0.25, 0.3) is 0 Å². The molecule has 1 unspecified atom stereocenters. The second kappa shape index (κ2) is 6.18. The third kappa shape index (κ3) is 3.08. The van der Waals surface area contributed by atoms with Crippen LogP contribution in [0.25, 0.3) is 0 Å². The van der Waals surface area contributed by atoms with Crippen LogP contribution in [0.1, 0.15) is 16.5 Å². The maximum atomic E-state index is 3.52. The highest BCUT2D eigenvalue weighted by atomic mass is 79.9. The van der Waals surface area contributed by atoms with Crippen molar-refractivity contribution in [3.05, 3.63) is 56.7 Å². The largest absolute Gasteiger partial charge is 0.314 e. The molecule has 0 aliphatic carbocycles. The fourth-order valence-electron chi connectivity index (χ4n) is 2.59. The van der Waals surface area contributed by atoms with Crippen LogP contribution in [0.2, 0.25) is 0 Å². The number of benzene rings is 1. The lowest BCUT2D eigenvalue weighted by atomic mass is 10.0. The smallest absolute Gasteiger partial charge is 0.0696 e. The second-order valence-electron chi connectivity index (χ2n) is 4.76. The fraction of sp³-hybridized carbons (Fsp3) is 0.333. The van der Waals surface area contributed by atoms with E-state index in [-0.39, 0.29) is 0 Å². The molecular formula is C15H17BrN2S. The molecule has 0 amide bonds. The van der Waals surface area contributed by atoms with Gasteiger partial charge in [0.15, 0.2) is 0 Å². The summed E-state index contributed by atoms with van der Waals surface area (Å²) in [7, 11) is 0. The van der Waals surface area contributed by atoms with E-state index in [1.54, 1.807) is 0 Å². The minimum atomic E-state index is 0.398. The van der Waals surface area contributed by atoms with Gasteiger partial charge in [-0.1, -0.05) is 34.1 Å². The van der Waals surface area contributed by atoms with Gasteiger partial charge in [0.2, 0.25) is 0 Å². The molecule has 2 heterocycles. The Kier molecular flexibility index (Phi) is 4.33. The summed E-state index contributed by atoms with van der Waals surface area (Å²) in [6, 6.07) is 13.5. The van der Waals surface area contributed by atoms with E-state index >= 15 is 0 Å². The van der Waals surface area contributed by atoms with Gasteiger partial charge >= 0.3 is 0 Å². The first-order chi connectivity index (χ1) is 9.34. The second-order valence-corrected chi connectivity index (χ2v) is 6.65. The zero-order valence-corrected chi connectivity index (χ0v) is 13.1. The lowest BCUT2D eigenvalue weighted by molar-refractivity contribution is 0.200. The molecule has 19 heavy (non-hydrogen) atoms. The van der Waals surface area contributed by atoms with E-state index < -0.39 is 0 Å². The Labute approximate surface area is 126 Å². The van der Waals surface area contributed by atoms with Crippen LogP contribution in [0.3, 0.4) is 0 Å². The lowest BCUT2D eigenvalue weighted by Gasteiger charge is -2.34. The van der Waals surface area contributed by atoms with Crippen LogP contribution in [-0.4, -0.2) is 31.1 Å². The fourth-order valence-corrected chi connectivity index (χ4v) is 3.74. The number of rotatable bonds is 3. The molecule has 0 radical (unpaired) electrons. The summed E-state index contributed by atoms with van der Waals surface area (Å²) in [5.74, 6) is 0. The molecule has 2 aromatic rings. The minimum absolute atomic E-state index is 0.398. The molecule has 0 saturated carbocycles. The van der Waals surface area contributed by atoms with Gasteiger partial charge < -0.3 is 5.32 Å². The van der Waals surface area contributed by atoms with Crippen molar-refractivity contribution in [2.75, 3.05) is 26.2 Å². The maximum Gasteiger partial charge on any atom is 0.0696 e. The van der Waals surface area contributed by atoms with Crippen molar-refractivity contribution >= 4 is 27.3 Å². The molecule has 1 aliphatic rings. The summed E-state index contributed by atoms with van der Waals surface area (Å²) < 4.78 is 1.14. The van der Waals surface area contributed by atoms with Gasteiger partial charge in [-0.3, -0.25) is 4.90 Å². The van der Waals surface area contributed by atoms with Crippen molar-refractivity contribution in [3.63, 3.8) is 0 Å². The standard InChI is InChI=1S/C15H17BrN2S/c16-13-5-3-12(4-6-13)15(14-2-1-11-19-14)18-9-7-17-8-10-18/h1-6,11,15,17H,7-10H2. The van der Waals surface area contributed by atoms with E-state index in [1.165, 1.54) is 10.4 Å². The van der Waals surface area contributed by atoms with Gasteiger partial charge in [0.1, 0.15) is 0 Å². The first-order valence-corrected chi connectivity index (χ1v) is 8.25. The molecule has 1 N–H and O–H groups in total. The predicted octanol–water partition coefficient (Wildman–Crippen LogP) is 3.51. The third-order valence-electron chi connectivity index (χ3n) is 3.52. The molecule has 2 nitrogen and oxygen atoms in total. The molecule has 100 valence electrons. The molecule has 1 aromatic carbocycles. The molecule has 1 saturated heterocycles. The lowest BCUT2D eigenvalue weighted by Crippen LogP contribution is -2.45. The maximum absolute atomic E-state index is 3.52. The average Bonchev–Trinajstić information content (AvgIpc) is 2.96. The highest BCUT2D eigenvalue weighted by Gasteiger charge is 2.24. The average molecular weight is 337 g/mol. The van der Waals surface area contributed by atoms with Gasteiger partial charge in [-0.25, -0.2) is 0 Å².